The summed E-state index contributed by atoms with van der Waals surface area (Å²) in [5.41, 5.74) is 3.18. The smallest absolute Gasteiger partial charge is 0.310 e. The van der Waals surface area contributed by atoms with Crippen LogP contribution in [-0.4, -0.2) is 11.1 Å². The average Bonchev–Trinajstić information content (AvgIpc) is 2.56. The van der Waals surface area contributed by atoms with Crippen LogP contribution in [0.2, 0.25) is 0 Å². The molecule has 3 aromatic carbocycles. The molecule has 0 saturated heterocycles. The number of rotatable bonds is 4. The van der Waals surface area contributed by atoms with Crippen LogP contribution in [0.15, 0.2) is 66.7 Å². The summed E-state index contributed by atoms with van der Waals surface area (Å²) in [6.45, 7) is 1.92. The first-order chi connectivity index (χ1) is 10.7. The molecule has 2 nitrogen and oxygen atoms in total. The van der Waals surface area contributed by atoms with Gasteiger partial charge in [-0.3, -0.25) is 4.79 Å². The van der Waals surface area contributed by atoms with E-state index in [2.05, 4.69) is 24.3 Å². The summed E-state index contributed by atoms with van der Waals surface area (Å²) in [6, 6.07) is 22.2. The second-order valence-electron chi connectivity index (χ2n) is 5.41. The minimum atomic E-state index is -0.764. The van der Waals surface area contributed by atoms with Crippen molar-refractivity contribution in [2.45, 2.75) is 19.3 Å². The molecule has 0 unspecified atom stereocenters. The van der Waals surface area contributed by atoms with Gasteiger partial charge in [0.05, 0.1) is 5.92 Å². The van der Waals surface area contributed by atoms with Crippen molar-refractivity contribution in [1.82, 2.24) is 0 Å². The summed E-state index contributed by atoms with van der Waals surface area (Å²) < 4.78 is 0. The normalized spacial score (nSPS) is 12.2. The van der Waals surface area contributed by atoms with E-state index in [1.807, 2.05) is 49.4 Å². The van der Waals surface area contributed by atoms with E-state index in [1.54, 1.807) is 0 Å². The van der Waals surface area contributed by atoms with Gasteiger partial charge in [0.15, 0.2) is 0 Å². The summed E-state index contributed by atoms with van der Waals surface area (Å²) in [5, 5.41) is 11.6. The predicted octanol–water partition coefficient (Wildman–Crippen LogP) is 5.09. The highest BCUT2D eigenvalue weighted by Gasteiger charge is 2.20. The Bertz CT molecular complexity index is 806. The zero-order valence-electron chi connectivity index (χ0n) is 12.5. The standard InChI is InChI=1S/C20H18O2/c1-2-15(20(21)22)17-11-7-12-18-16(10-6-13-19(17)18)14-8-4-3-5-9-14/h3-13,15H,2H2,1H3,(H,21,22)/t15-/m1/s1. The van der Waals surface area contributed by atoms with Crippen LogP contribution in [-0.2, 0) is 4.79 Å². The van der Waals surface area contributed by atoms with E-state index in [-0.39, 0.29) is 0 Å². The van der Waals surface area contributed by atoms with Gasteiger partial charge in [0.1, 0.15) is 0 Å². The molecule has 0 fully saturated rings. The number of hydrogen-bond donors (Lipinski definition) is 1. The van der Waals surface area contributed by atoms with Crippen LogP contribution < -0.4 is 0 Å². The number of hydrogen-bond acceptors (Lipinski definition) is 1. The zero-order chi connectivity index (χ0) is 15.5. The molecule has 0 spiro atoms. The molecule has 3 rings (SSSR count). The van der Waals surface area contributed by atoms with Crippen molar-refractivity contribution in [2.24, 2.45) is 0 Å². The van der Waals surface area contributed by atoms with Crippen molar-refractivity contribution in [3.8, 4) is 11.1 Å². The summed E-state index contributed by atoms with van der Waals surface area (Å²) in [7, 11) is 0. The predicted molar refractivity (Wildman–Crippen MR) is 90.1 cm³/mol. The first-order valence-electron chi connectivity index (χ1n) is 7.52. The molecule has 1 N–H and O–H groups in total. The Balaban J connectivity index is 2.25. The van der Waals surface area contributed by atoms with Crippen molar-refractivity contribution in [2.75, 3.05) is 0 Å². The summed E-state index contributed by atoms with van der Waals surface area (Å²) in [6.07, 6.45) is 0.587. The molecule has 0 aliphatic carbocycles. The van der Waals surface area contributed by atoms with Crippen molar-refractivity contribution < 1.29 is 9.90 Å². The highest BCUT2D eigenvalue weighted by atomic mass is 16.4. The lowest BCUT2D eigenvalue weighted by Crippen LogP contribution is -2.10. The Morgan fingerprint density at radius 1 is 0.909 bits per heavy atom. The number of carboxylic acid groups (broad SMARTS) is 1. The maximum absolute atomic E-state index is 11.5. The first-order valence-corrected chi connectivity index (χ1v) is 7.52. The van der Waals surface area contributed by atoms with Gasteiger partial charge in [0.25, 0.3) is 0 Å². The third-order valence-corrected chi connectivity index (χ3v) is 4.12. The molecule has 2 heteroatoms. The molecular weight excluding hydrogens is 272 g/mol. The van der Waals surface area contributed by atoms with E-state index < -0.39 is 11.9 Å². The highest BCUT2D eigenvalue weighted by molar-refractivity contribution is 6.00. The molecule has 0 amide bonds. The second kappa shape index (κ2) is 6.02. The van der Waals surface area contributed by atoms with Crippen LogP contribution in [0.25, 0.3) is 21.9 Å². The molecule has 0 aliphatic heterocycles. The van der Waals surface area contributed by atoms with Gasteiger partial charge in [-0.1, -0.05) is 73.7 Å². The number of aliphatic carboxylic acids is 1. The molecule has 1 atom stereocenters. The Hall–Kier alpha value is -2.61. The van der Waals surface area contributed by atoms with Crippen LogP contribution in [0, 0.1) is 0 Å². The molecule has 3 aromatic rings. The minimum absolute atomic E-state index is 0.463. The van der Waals surface area contributed by atoms with Gasteiger partial charge in [-0.25, -0.2) is 0 Å². The lowest BCUT2D eigenvalue weighted by molar-refractivity contribution is -0.138. The topological polar surface area (TPSA) is 37.3 Å². The third-order valence-electron chi connectivity index (χ3n) is 4.12. The molecule has 22 heavy (non-hydrogen) atoms. The van der Waals surface area contributed by atoms with Crippen molar-refractivity contribution in [3.05, 3.63) is 72.3 Å². The molecule has 0 aromatic heterocycles. The van der Waals surface area contributed by atoms with E-state index in [9.17, 15) is 9.90 Å². The Morgan fingerprint density at radius 3 is 2.27 bits per heavy atom. The van der Waals surface area contributed by atoms with Crippen LogP contribution in [0.5, 0.6) is 0 Å². The Morgan fingerprint density at radius 2 is 1.59 bits per heavy atom. The van der Waals surface area contributed by atoms with Crippen molar-refractivity contribution in [1.29, 1.82) is 0 Å². The monoisotopic (exact) mass is 290 g/mol. The fraction of sp³-hybridized carbons (Fsp3) is 0.150. The minimum Gasteiger partial charge on any atom is -0.481 e. The van der Waals surface area contributed by atoms with Gasteiger partial charge in [-0.2, -0.15) is 0 Å². The number of carboxylic acids is 1. The summed E-state index contributed by atoms with van der Waals surface area (Å²) >= 11 is 0. The average molecular weight is 290 g/mol. The van der Waals surface area contributed by atoms with Crippen LogP contribution in [0.1, 0.15) is 24.8 Å². The highest BCUT2D eigenvalue weighted by Crippen LogP contribution is 2.34. The molecular formula is C20H18O2. The summed E-state index contributed by atoms with van der Waals surface area (Å²) in [4.78, 5) is 11.5. The zero-order valence-corrected chi connectivity index (χ0v) is 12.5. The first kappa shape index (κ1) is 14.3. The molecule has 0 heterocycles. The quantitative estimate of drug-likeness (QED) is 0.727. The van der Waals surface area contributed by atoms with Crippen LogP contribution in [0.4, 0.5) is 0 Å². The number of fused-ring (bicyclic) bond motifs is 1. The van der Waals surface area contributed by atoms with Crippen LogP contribution in [0.3, 0.4) is 0 Å². The van der Waals surface area contributed by atoms with E-state index in [0.29, 0.717) is 6.42 Å². The maximum Gasteiger partial charge on any atom is 0.310 e. The van der Waals surface area contributed by atoms with Gasteiger partial charge in [0.2, 0.25) is 0 Å². The van der Waals surface area contributed by atoms with Crippen LogP contribution >= 0.6 is 0 Å². The molecule has 0 saturated carbocycles. The summed E-state index contributed by atoms with van der Waals surface area (Å²) in [5.74, 6) is -1.23. The molecule has 0 radical (unpaired) electrons. The second-order valence-corrected chi connectivity index (χ2v) is 5.41. The van der Waals surface area contributed by atoms with Gasteiger partial charge in [-0.15, -0.1) is 0 Å². The van der Waals surface area contributed by atoms with E-state index in [1.165, 1.54) is 0 Å². The van der Waals surface area contributed by atoms with Gasteiger partial charge in [-0.05, 0) is 33.9 Å². The molecule has 0 aliphatic rings. The fourth-order valence-corrected chi connectivity index (χ4v) is 3.04. The largest absolute Gasteiger partial charge is 0.481 e. The third kappa shape index (κ3) is 2.48. The van der Waals surface area contributed by atoms with E-state index >= 15 is 0 Å². The van der Waals surface area contributed by atoms with Gasteiger partial charge in [0, 0.05) is 0 Å². The number of benzene rings is 3. The van der Waals surface area contributed by atoms with Gasteiger partial charge < -0.3 is 5.11 Å². The SMILES string of the molecule is CC[C@@H](C(=O)O)c1cccc2c(-c3ccccc3)cccc12. The van der Waals surface area contributed by atoms with E-state index in [0.717, 1.165) is 27.5 Å². The lowest BCUT2D eigenvalue weighted by Gasteiger charge is -2.15. The molecule has 0 bridgehead atoms. The number of carbonyl (C=O) groups is 1. The fourth-order valence-electron chi connectivity index (χ4n) is 3.04. The van der Waals surface area contributed by atoms with Crippen molar-refractivity contribution >= 4 is 16.7 Å². The Labute approximate surface area is 130 Å². The van der Waals surface area contributed by atoms with Gasteiger partial charge >= 0.3 is 5.97 Å². The molecule has 110 valence electrons. The van der Waals surface area contributed by atoms with E-state index in [4.69, 9.17) is 0 Å². The maximum atomic E-state index is 11.5. The lowest BCUT2D eigenvalue weighted by atomic mass is 9.89. The Kier molecular flexibility index (Phi) is 3.92. The van der Waals surface area contributed by atoms with Crippen molar-refractivity contribution in [3.63, 3.8) is 0 Å².